The molecule has 0 heterocycles. The number of benzene rings is 2. The molecular formula is C18H20N2O2S. The Morgan fingerprint density at radius 1 is 1.09 bits per heavy atom. The molecule has 23 heavy (non-hydrogen) atoms. The normalized spacial score (nSPS) is 11.0. The van der Waals surface area contributed by atoms with Crippen molar-refractivity contribution in [3.63, 3.8) is 0 Å². The molecule has 0 aliphatic heterocycles. The molecule has 5 heteroatoms. The molecule has 0 aromatic heterocycles. The molecule has 2 aromatic rings. The summed E-state index contributed by atoms with van der Waals surface area (Å²) in [6.07, 6.45) is 4.42. The van der Waals surface area contributed by atoms with E-state index >= 15 is 0 Å². The van der Waals surface area contributed by atoms with Crippen LogP contribution >= 0.6 is 0 Å². The summed E-state index contributed by atoms with van der Waals surface area (Å²) in [6.45, 7) is 2.16. The fourth-order valence-corrected chi connectivity index (χ4v) is 3.33. The van der Waals surface area contributed by atoms with Gasteiger partial charge >= 0.3 is 0 Å². The van der Waals surface area contributed by atoms with Gasteiger partial charge in [-0.25, -0.2) is 8.42 Å². The fourth-order valence-electron chi connectivity index (χ4n) is 2.28. The van der Waals surface area contributed by atoms with Gasteiger partial charge in [0.05, 0.1) is 22.2 Å². The summed E-state index contributed by atoms with van der Waals surface area (Å²) in [5.41, 5.74) is 1.94. The highest BCUT2D eigenvalue weighted by molar-refractivity contribution is 7.92. The average molecular weight is 328 g/mol. The molecule has 0 fully saturated rings. The maximum absolute atomic E-state index is 12.4. The first kappa shape index (κ1) is 17.0. The van der Waals surface area contributed by atoms with Crippen LogP contribution in [-0.2, 0) is 16.4 Å². The minimum Gasteiger partial charge on any atom is -0.280 e. The Kier molecular flexibility index (Phi) is 5.78. The summed E-state index contributed by atoms with van der Waals surface area (Å²) in [5.74, 6) is 0. The lowest BCUT2D eigenvalue weighted by atomic mass is 10.1. The molecule has 1 N–H and O–H groups in total. The van der Waals surface area contributed by atoms with Gasteiger partial charge in [-0.05, 0) is 48.7 Å². The lowest BCUT2D eigenvalue weighted by Crippen LogP contribution is -2.13. The number of nitriles is 1. The number of anilines is 1. The van der Waals surface area contributed by atoms with E-state index in [1.165, 1.54) is 12.5 Å². The lowest BCUT2D eigenvalue weighted by molar-refractivity contribution is 0.601. The lowest BCUT2D eigenvalue weighted by Gasteiger charge is -2.09. The van der Waals surface area contributed by atoms with Gasteiger partial charge in [-0.1, -0.05) is 38.0 Å². The van der Waals surface area contributed by atoms with E-state index < -0.39 is 10.0 Å². The van der Waals surface area contributed by atoms with Gasteiger partial charge in [-0.15, -0.1) is 0 Å². The zero-order chi connectivity index (χ0) is 16.7. The van der Waals surface area contributed by atoms with Crippen LogP contribution in [0.2, 0.25) is 0 Å². The van der Waals surface area contributed by atoms with E-state index in [1.54, 1.807) is 30.3 Å². The number of unbranched alkanes of at least 4 members (excludes halogenated alkanes) is 2. The maximum atomic E-state index is 12.4. The van der Waals surface area contributed by atoms with Gasteiger partial charge in [0.25, 0.3) is 10.0 Å². The highest BCUT2D eigenvalue weighted by Gasteiger charge is 2.14. The summed E-state index contributed by atoms with van der Waals surface area (Å²) >= 11 is 0. The second-order valence-electron chi connectivity index (χ2n) is 5.40. The van der Waals surface area contributed by atoms with Crippen LogP contribution in [0.4, 0.5) is 5.69 Å². The highest BCUT2D eigenvalue weighted by Crippen LogP contribution is 2.18. The highest BCUT2D eigenvalue weighted by atomic mass is 32.2. The summed E-state index contributed by atoms with van der Waals surface area (Å²) in [6, 6.07) is 15.4. The van der Waals surface area contributed by atoms with Crippen molar-refractivity contribution in [3.05, 3.63) is 59.7 Å². The van der Waals surface area contributed by atoms with E-state index in [1.807, 2.05) is 18.2 Å². The van der Waals surface area contributed by atoms with Crippen LogP contribution in [0.15, 0.2) is 53.4 Å². The van der Waals surface area contributed by atoms with Crippen LogP contribution in [0.1, 0.15) is 37.3 Å². The predicted molar refractivity (Wildman–Crippen MR) is 91.6 cm³/mol. The monoisotopic (exact) mass is 328 g/mol. The second-order valence-corrected chi connectivity index (χ2v) is 7.08. The van der Waals surface area contributed by atoms with Crippen molar-refractivity contribution in [1.82, 2.24) is 0 Å². The number of nitrogens with zero attached hydrogens (tertiary/aromatic N) is 1. The SMILES string of the molecule is CCCCCc1ccc(S(=O)(=O)Nc2cccc(C#N)c2)cc1. The quantitative estimate of drug-likeness (QED) is 0.778. The van der Waals surface area contributed by atoms with E-state index in [9.17, 15) is 8.42 Å². The van der Waals surface area contributed by atoms with E-state index in [0.717, 1.165) is 24.8 Å². The number of nitrogens with one attached hydrogen (secondary N) is 1. The van der Waals surface area contributed by atoms with Gasteiger partial charge in [-0.2, -0.15) is 5.26 Å². The zero-order valence-corrected chi connectivity index (χ0v) is 13.9. The first-order valence-electron chi connectivity index (χ1n) is 7.67. The van der Waals surface area contributed by atoms with Crippen LogP contribution in [-0.4, -0.2) is 8.42 Å². The van der Waals surface area contributed by atoms with Gasteiger partial charge in [0.15, 0.2) is 0 Å². The molecule has 4 nitrogen and oxygen atoms in total. The number of aryl methyl sites for hydroxylation is 1. The molecule has 0 aliphatic carbocycles. The molecule has 0 bridgehead atoms. The van der Waals surface area contributed by atoms with Gasteiger partial charge in [0, 0.05) is 0 Å². The van der Waals surface area contributed by atoms with Crippen LogP contribution in [0.5, 0.6) is 0 Å². The van der Waals surface area contributed by atoms with Crippen molar-refractivity contribution >= 4 is 15.7 Å². The average Bonchev–Trinajstić information content (AvgIpc) is 2.55. The molecule has 2 aromatic carbocycles. The zero-order valence-electron chi connectivity index (χ0n) is 13.1. The van der Waals surface area contributed by atoms with Gasteiger partial charge in [-0.3, -0.25) is 4.72 Å². The largest absolute Gasteiger partial charge is 0.280 e. The summed E-state index contributed by atoms with van der Waals surface area (Å²) in [5, 5.41) is 8.87. The minimum atomic E-state index is -3.64. The third kappa shape index (κ3) is 4.83. The minimum absolute atomic E-state index is 0.221. The Morgan fingerprint density at radius 2 is 1.83 bits per heavy atom. The molecule has 0 spiro atoms. The maximum Gasteiger partial charge on any atom is 0.261 e. The molecule has 0 radical (unpaired) electrons. The number of sulfonamides is 1. The van der Waals surface area contributed by atoms with Gasteiger partial charge in [0.2, 0.25) is 0 Å². The number of rotatable bonds is 7. The number of hydrogen-bond acceptors (Lipinski definition) is 3. The van der Waals surface area contributed by atoms with Crippen molar-refractivity contribution in [1.29, 1.82) is 5.26 Å². The predicted octanol–water partition coefficient (Wildman–Crippen LogP) is 4.09. The molecule has 2 rings (SSSR count). The Balaban J connectivity index is 2.11. The standard InChI is InChI=1S/C18H20N2O2S/c1-2-3-4-6-15-9-11-18(12-10-15)23(21,22)20-17-8-5-7-16(13-17)14-19/h5,7-13,20H,2-4,6H2,1H3. The van der Waals surface area contributed by atoms with E-state index in [-0.39, 0.29) is 4.90 Å². The third-order valence-electron chi connectivity index (χ3n) is 3.55. The van der Waals surface area contributed by atoms with Crippen molar-refractivity contribution < 1.29 is 8.42 Å². The molecule has 0 unspecified atom stereocenters. The molecular weight excluding hydrogens is 308 g/mol. The topological polar surface area (TPSA) is 70.0 Å². The summed E-state index contributed by atoms with van der Waals surface area (Å²) in [4.78, 5) is 0.221. The van der Waals surface area contributed by atoms with E-state index in [0.29, 0.717) is 11.3 Å². The molecule has 0 amide bonds. The van der Waals surface area contributed by atoms with Crippen molar-refractivity contribution in [2.75, 3.05) is 4.72 Å². The van der Waals surface area contributed by atoms with Crippen LogP contribution in [0, 0.1) is 11.3 Å². The molecule has 0 saturated heterocycles. The smallest absolute Gasteiger partial charge is 0.261 e. The number of hydrogen-bond donors (Lipinski definition) is 1. The van der Waals surface area contributed by atoms with Crippen molar-refractivity contribution in [2.24, 2.45) is 0 Å². The van der Waals surface area contributed by atoms with E-state index in [4.69, 9.17) is 5.26 Å². The Morgan fingerprint density at radius 3 is 2.48 bits per heavy atom. The van der Waals surface area contributed by atoms with Crippen molar-refractivity contribution in [3.8, 4) is 6.07 Å². The first-order valence-corrected chi connectivity index (χ1v) is 9.15. The van der Waals surface area contributed by atoms with Gasteiger partial charge in [0.1, 0.15) is 0 Å². The molecule has 0 atom stereocenters. The third-order valence-corrected chi connectivity index (χ3v) is 4.94. The Bertz CT molecular complexity index is 791. The Hall–Kier alpha value is -2.32. The summed E-state index contributed by atoms with van der Waals surface area (Å²) < 4.78 is 27.3. The van der Waals surface area contributed by atoms with Crippen LogP contribution < -0.4 is 4.72 Å². The molecule has 0 aliphatic rings. The van der Waals surface area contributed by atoms with Crippen LogP contribution in [0.25, 0.3) is 0 Å². The second kappa shape index (κ2) is 7.80. The summed E-state index contributed by atoms with van der Waals surface area (Å²) in [7, 11) is -3.64. The van der Waals surface area contributed by atoms with Crippen LogP contribution in [0.3, 0.4) is 0 Å². The van der Waals surface area contributed by atoms with E-state index in [2.05, 4.69) is 11.6 Å². The van der Waals surface area contributed by atoms with Crippen molar-refractivity contribution in [2.45, 2.75) is 37.5 Å². The Labute approximate surface area is 137 Å². The van der Waals surface area contributed by atoms with Gasteiger partial charge < -0.3 is 0 Å². The fraction of sp³-hybridized carbons (Fsp3) is 0.278. The first-order chi connectivity index (χ1) is 11.0. The molecule has 120 valence electrons. The molecule has 0 saturated carbocycles.